The normalized spacial score (nSPS) is 16.0. The minimum Gasteiger partial charge on any atom is -0.381 e. The highest BCUT2D eigenvalue weighted by Crippen LogP contribution is 2.37. The molecule has 5 nitrogen and oxygen atoms in total. The van der Waals surface area contributed by atoms with Crippen molar-refractivity contribution in [1.82, 2.24) is 15.0 Å². The average Bonchev–Trinajstić information content (AvgIpc) is 2.66. The van der Waals surface area contributed by atoms with Gasteiger partial charge in [0.2, 0.25) is 0 Å². The molecular weight excluding hydrogens is 376 g/mol. The Morgan fingerprint density at radius 2 is 1.75 bits per heavy atom. The second kappa shape index (κ2) is 6.52. The van der Waals surface area contributed by atoms with E-state index in [9.17, 15) is 22.7 Å². The second-order valence-electron chi connectivity index (χ2n) is 6.57. The van der Waals surface area contributed by atoms with Crippen LogP contribution in [0, 0.1) is 5.82 Å². The van der Waals surface area contributed by atoms with Crippen molar-refractivity contribution >= 4 is 5.82 Å². The smallest absolute Gasteiger partial charge is 0.381 e. The molecule has 0 atom stereocenters. The zero-order chi connectivity index (χ0) is 19.9. The Labute approximate surface area is 157 Å². The van der Waals surface area contributed by atoms with Gasteiger partial charge in [0.25, 0.3) is 0 Å². The molecule has 0 saturated carbocycles. The summed E-state index contributed by atoms with van der Waals surface area (Å²) in [5.41, 5.74) is -1.52. The molecule has 0 unspecified atom stereocenters. The average molecular weight is 390 g/mol. The molecule has 0 bridgehead atoms. The molecule has 1 aromatic carbocycles. The number of alkyl halides is 3. The van der Waals surface area contributed by atoms with E-state index < -0.39 is 23.3 Å². The predicted octanol–water partition coefficient (Wildman–Crippen LogP) is 3.40. The van der Waals surface area contributed by atoms with Gasteiger partial charge in [0.05, 0.1) is 13.1 Å². The van der Waals surface area contributed by atoms with E-state index in [1.54, 1.807) is 12.1 Å². The molecule has 28 heavy (non-hydrogen) atoms. The highest BCUT2D eigenvalue weighted by Gasteiger charge is 2.44. The Morgan fingerprint density at radius 1 is 1.04 bits per heavy atom. The minimum absolute atomic E-state index is 0.0272. The number of pyridine rings is 1. The van der Waals surface area contributed by atoms with Crippen LogP contribution in [0.2, 0.25) is 0 Å². The van der Waals surface area contributed by atoms with Gasteiger partial charge in [-0.2, -0.15) is 13.2 Å². The lowest BCUT2D eigenvalue weighted by Crippen LogP contribution is -2.60. The van der Waals surface area contributed by atoms with Crippen LogP contribution >= 0.6 is 0 Å². The first kappa shape index (κ1) is 18.3. The first-order valence-corrected chi connectivity index (χ1v) is 8.35. The quantitative estimate of drug-likeness (QED) is 0.695. The summed E-state index contributed by atoms with van der Waals surface area (Å²) in [6, 6.07) is 9.35. The summed E-state index contributed by atoms with van der Waals surface area (Å²) in [4.78, 5) is 13.2. The summed E-state index contributed by atoms with van der Waals surface area (Å²) in [5, 5.41) is 10.7. The SMILES string of the molecule is OC1(c2ccc(F)cc2)CN(c2cc(C(F)(F)F)nc(-c3cccnc3)n2)C1. The summed E-state index contributed by atoms with van der Waals surface area (Å²) in [6.45, 7) is 0.0544. The molecule has 1 fully saturated rings. The molecule has 1 aliphatic heterocycles. The lowest BCUT2D eigenvalue weighted by molar-refractivity contribution is -0.141. The van der Waals surface area contributed by atoms with Gasteiger partial charge in [0, 0.05) is 24.0 Å². The molecule has 144 valence electrons. The van der Waals surface area contributed by atoms with Gasteiger partial charge in [0.1, 0.15) is 17.2 Å². The van der Waals surface area contributed by atoms with Crippen molar-refractivity contribution in [3.8, 4) is 11.4 Å². The zero-order valence-corrected chi connectivity index (χ0v) is 14.4. The van der Waals surface area contributed by atoms with E-state index in [4.69, 9.17) is 0 Å². The van der Waals surface area contributed by atoms with Gasteiger partial charge >= 0.3 is 6.18 Å². The molecule has 0 spiro atoms. The Hall–Kier alpha value is -3.07. The largest absolute Gasteiger partial charge is 0.433 e. The second-order valence-corrected chi connectivity index (χ2v) is 6.57. The fourth-order valence-corrected chi connectivity index (χ4v) is 3.06. The number of hydrogen-bond donors (Lipinski definition) is 1. The number of anilines is 1. The fourth-order valence-electron chi connectivity index (χ4n) is 3.06. The molecule has 1 aliphatic rings. The Morgan fingerprint density at radius 3 is 2.36 bits per heavy atom. The van der Waals surface area contributed by atoms with Gasteiger partial charge in [-0.05, 0) is 29.8 Å². The van der Waals surface area contributed by atoms with Gasteiger partial charge < -0.3 is 10.0 Å². The van der Waals surface area contributed by atoms with Crippen molar-refractivity contribution in [1.29, 1.82) is 0 Å². The molecule has 0 radical (unpaired) electrons. The lowest BCUT2D eigenvalue weighted by Gasteiger charge is -2.47. The number of nitrogens with zero attached hydrogens (tertiary/aromatic N) is 4. The minimum atomic E-state index is -4.65. The summed E-state index contributed by atoms with van der Waals surface area (Å²) < 4.78 is 53.0. The number of hydrogen-bond acceptors (Lipinski definition) is 5. The molecule has 1 N–H and O–H groups in total. The molecular formula is C19H14F4N4O. The van der Waals surface area contributed by atoms with Crippen LogP contribution in [0.25, 0.3) is 11.4 Å². The van der Waals surface area contributed by atoms with Crippen molar-refractivity contribution in [2.24, 2.45) is 0 Å². The number of benzene rings is 1. The van der Waals surface area contributed by atoms with Crippen LogP contribution < -0.4 is 4.90 Å². The van der Waals surface area contributed by atoms with Gasteiger partial charge in [0.15, 0.2) is 11.5 Å². The Bertz CT molecular complexity index is 987. The van der Waals surface area contributed by atoms with Gasteiger partial charge in [-0.3, -0.25) is 4.98 Å². The van der Waals surface area contributed by atoms with E-state index in [-0.39, 0.29) is 24.7 Å². The molecule has 2 aromatic heterocycles. The van der Waals surface area contributed by atoms with Crippen LogP contribution in [0.4, 0.5) is 23.4 Å². The van der Waals surface area contributed by atoms with Gasteiger partial charge in [-0.15, -0.1) is 0 Å². The van der Waals surface area contributed by atoms with Crippen LogP contribution in [-0.4, -0.2) is 33.1 Å². The lowest BCUT2D eigenvalue weighted by atomic mass is 9.86. The van der Waals surface area contributed by atoms with Crippen LogP contribution in [0.15, 0.2) is 54.9 Å². The van der Waals surface area contributed by atoms with Crippen molar-refractivity contribution in [3.63, 3.8) is 0 Å². The molecule has 3 heterocycles. The van der Waals surface area contributed by atoms with E-state index >= 15 is 0 Å². The van der Waals surface area contributed by atoms with Gasteiger partial charge in [-0.25, -0.2) is 14.4 Å². The van der Waals surface area contributed by atoms with Crippen LogP contribution in [0.1, 0.15) is 11.3 Å². The third-order valence-corrected chi connectivity index (χ3v) is 4.53. The topological polar surface area (TPSA) is 62.1 Å². The van der Waals surface area contributed by atoms with Crippen molar-refractivity contribution < 1.29 is 22.7 Å². The van der Waals surface area contributed by atoms with Crippen LogP contribution in [-0.2, 0) is 11.8 Å². The first-order chi connectivity index (χ1) is 13.2. The number of halogens is 4. The highest BCUT2D eigenvalue weighted by atomic mass is 19.4. The summed E-state index contributed by atoms with van der Waals surface area (Å²) in [7, 11) is 0. The molecule has 0 aliphatic carbocycles. The maximum Gasteiger partial charge on any atom is 0.433 e. The summed E-state index contributed by atoms with van der Waals surface area (Å²) >= 11 is 0. The number of rotatable bonds is 3. The molecule has 0 amide bonds. The standard InChI is InChI=1S/C19H14F4N4O/c20-14-5-3-13(4-6-14)18(28)10-27(11-18)16-8-15(19(21,22)23)25-17(26-16)12-2-1-7-24-9-12/h1-9,28H,10-11H2. The van der Waals surface area contributed by atoms with Crippen molar-refractivity contribution in [3.05, 3.63) is 71.9 Å². The van der Waals surface area contributed by atoms with E-state index in [2.05, 4.69) is 15.0 Å². The fraction of sp³-hybridized carbons (Fsp3) is 0.211. The van der Waals surface area contributed by atoms with Crippen LogP contribution in [0.3, 0.4) is 0 Å². The third-order valence-electron chi connectivity index (χ3n) is 4.53. The zero-order valence-electron chi connectivity index (χ0n) is 14.4. The van der Waals surface area contributed by atoms with Crippen LogP contribution in [0.5, 0.6) is 0 Å². The maximum absolute atomic E-state index is 13.3. The van der Waals surface area contributed by atoms with E-state index in [1.165, 1.54) is 41.6 Å². The molecule has 1 saturated heterocycles. The van der Waals surface area contributed by atoms with Crippen molar-refractivity contribution in [2.75, 3.05) is 18.0 Å². The highest BCUT2D eigenvalue weighted by molar-refractivity contribution is 5.58. The monoisotopic (exact) mass is 390 g/mol. The Kier molecular flexibility index (Phi) is 4.26. The number of β-amino-alcohol motifs (C(OH)–C–C–N with tert-alkyl or cyclic N) is 1. The molecule has 3 aromatic rings. The third kappa shape index (κ3) is 3.40. The van der Waals surface area contributed by atoms with E-state index in [1.807, 2.05) is 0 Å². The number of aromatic nitrogens is 3. The molecule has 9 heteroatoms. The van der Waals surface area contributed by atoms with E-state index in [0.717, 1.165) is 6.07 Å². The Balaban J connectivity index is 1.66. The predicted molar refractivity (Wildman–Crippen MR) is 92.8 cm³/mol. The molecule has 4 rings (SSSR count). The number of aliphatic hydroxyl groups is 1. The van der Waals surface area contributed by atoms with E-state index in [0.29, 0.717) is 11.1 Å². The summed E-state index contributed by atoms with van der Waals surface area (Å²) in [5.74, 6) is -0.488. The maximum atomic E-state index is 13.3. The van der Waals surface area contributed by atoms with Crippen molar-refractivity contribution in [2.45, 2.75) is 11.8 Å². The van der Waals surface area contributed by atoms with Gasteiger partial charge in [-0.1, -0.05) is 12.1 Å². The summed E-state index contributed by atoms with van der Waals surface area (Å²) in [6.07, 6.45) is -1.77. The first-order valence-electron chi connectivity index (χ1n) is 8.35.